The largest absolute Gasteiger partial charge is 0.381 e. The maximum absolute atomic E-state index is 6.46. The van der Waals surface area contributed by atoms with Crippen LogP contribution in [0.25, 0.3) is 0 Å². The van der Waals surface area contributed by atoms with Crippen molar-refractivity contribution in [1.82, 2.24) is 0 Å². The quantitative estimate of drug-likeness (QED) is 0.738. The summed E-state index contributed by atoms with van der Waals surface area (Å²) < 4.78 is 5.47. The second-order valence-electron chi connectivity index (χ2n) is 5.18. The lowest BCUT2D eigenvalue weighted by Gasteiger charge is -2.30. The Bertz CT molecular complexity index is 167. The van der Waals surface area contributed by atoms with Gasteiger partial charge in [-0.1, -0.05) is 25.7 Å². The maximum atomic E-state index is 6.46. The van der Waals surface area contributed by atoms with Crippen molar-refractivity contribution in [2.75, 3.05) is 13.2 Å². The van der Waals surface area contributed by atoms with Crippen LogP contribution >= 0.6 is 0 Å². The molecule has 0 aromatic rings. The van der Waals surface area contributed by atoms with E-state index in [9.17, 15) is 0 Å². The fourth-order valence-corrected chi connectivity index (χ4v) is 3.02. The Morgan fingerprint density at radius 1 is 1.07 bits per heavy atom. The highest BCUT2D eigenvalue weighted by Gasteiger charge is 2.30. The molecule has 1 aliphatic carbocycles. The molecular weight excluding hydrogens is 174 g/mol. The number of hydrogen-bond acceptors (Lipinski definition) is 2. The summed E-state index contributed by atoms with van der Waals surface area (Å²) in [6.07, 6.45) is 10.3. The first-order valence-corrected chi connectivity index (χ1v) is 6.15. The monoisotopic (exact) mass is 197 g/mol. The van der Waals surface area contributed by atoms with Gasteiger partial charge in [0.2, 0.25) is 0 Å². The van der Waals surface area contributed by atoms with Gasteiger partial charge in [0.1, 0.15) is 0 Å². The molecule has 1 unspecified atom stereocenters. The number of ether oxygens (including phenoxy) is 1. The third-order valence-electron chi connectivity index (χ3n) is 3.88. The van der Waals surface area contributed by atoms with Gasteiger partial charge in [0, 0.05) is 18.8 Å². The molecule has 1 saturated heterocycles. The van der Waals surface area contributed by atoms with Crippen molar-refractivity contribution in [3.63, 3.8) is 0 Å². The first-order valence-electron chi connectivity index (χ1n) is 6.15. The molecule has 82 valence electrons. The number of nitrogens with two attached hydrogens (primary N) is 1. The van der Waals surface area contributed by atoms with Crippen LogP contribution in [0.3, 0.4) is 0 Å². The predicted octanol–water partition coefficient (Wildman–Crippen LogP) is 2.46. The average Bonchev–Trinajstić information content (AvgIpc) is 2.55. The standard InChI is InChI=1S/C12H23NO/c13-12(6-3-8-14-9-7-12)10-11-4-1-2-5-11/h11H,1-10,13H2. The molecule has 0 amide bonds. The summed E-state index contributed by atoms with van der Waals surface area (Å²) >= 11 is 0. The summed E-state index contributed by atoms with van der Waals surface area (Å²) in [5.74, 6) is 0.915. The fraction of sp³-hybridized carbons (Fsp3) is 1.00. The van der Waals surface area contributed by atoms with E-state index in [-0.39, 0.29) is 5.54 Å². The Labute approximate surface area is 87.2 Å². The van der Waals surface area contributed by atoms with Gasteiger partial charge in [0.15, 0.2) is 0 Å². The summed E-state index contributed by atoms with van der Waals surface area (Å²) in [6, 6.07) is 0. The fourth-order valence-electron chi connectivity index (χ4n) is 3.02. The van der Waals surface area contributed by atoms with E-state index >= 15 is 0 Å². The van der Waals surface area contributed by atoms with Crippen LogP contribution in [0.5, 0.6) is 0 Å². The van der Waals surface area contributed by atoms with E-state index in [0.717, 1.165) is 32.0 Å². The van der Waals surface area contributed by atoms with E-state index < -0.39 is 0 Å². The summed E-state index contributed by atoms with van der Waals surface area (Å²) in [5, 5.41) is 0. The smallest absolute Gasteiger partial charge is 0.0483 e. The van der Waals surface area contributed by atoms with Crippen LogP contribution in [0.1, 0.15) is 51.4 Å². The van der Waals surface area contributed by atoms with Gasteiger partial charge in [-0.3, -0.25) is 0 Å². The van der Waals surface area contributed by atoms with Gasteiger partial charge in [0.05, 0.1) is 0 Å². The highest BCUT2D eigenvalue weighted by atomic mass is 16.5. The van der Waals surface area contributed by atoms with E-state index in [1.165, 1.54) is 38.5 Å². The van der Waals surface area contributed by atoms with Crippen LogP contribution in [0.4, 0.5) is 0 Å². The summed E-state index contributed by atoms with van der Waals surface area (Å²) in [4.78, 5) is 0. The van der Waals surface area contributed by atoms with Crippen molar-refractivity contribution >= 4 is 0 Å². The van der Waals surface area contributed by atoms with Gasteiger partial charge in [-0.15, -0.1) is 0 Å². The Hall–Kier alpha value is -0.0800. The second-order valence-corrected chi connectivity index (χ2v) is 5.18. The first kappa shape index (κ1) is 10.4. The highest BCUT2D eigenvalue weighted by Crippen LogP contribution is 2.34. The van der Waals surface area contributed by atoms with Gasteiger partial charge in [-0.05, 0) is 31.6 Å². The van der Waals surface area contributed by atoms with E-state index in [1.54, 1.807) is 0 Å². The molecule has 0 bridgehead atoms. The third-order valence-corrected chi connectivity index (χ3v) is 3.88. The zero-order valence-electron chi connectivity index (χ0n) is 9.13. The average molecular weight is 197 g/mol. The van der Waals surface area contributed by atoms with Gasteiger partial charge >= 0.3 is 0 Å². The Balaban J connectivity index is 1.85. The lowest BCUT2D eigenvalue weighted by Crippen LogP contribution is -2.41. The molecular formula is C12H23NO. The van der Waals surface area contributed by atoms with Crippen LogP contribution in [0.15, 0.2) is 0 Å². The first-order chi connectivity index (χ1) is 6.79. The molecule has 1 atom stereocenters. The second kappa shape index (κ2) is 4.63. The highest BCUT2D eigenvalue weighted by molar-refractivity contribution is 4.88. The van der Waals surface area contributed by atoms with Crippen molar-refractivity contribution in [3.8, 4) is 0 Å². The van der Waals surface area contributed by atoms with Crippen molar-refractivity contribution in [1.29, 1.82) is 0 Å². The summed E-state index contributed by atoms with van der Waals surface area (Å²) in [5.41, 5.74) is 6.56. The third kappa shape index (κ3) is 2.71. The van der Waals surface area contributed by atoms with E-state index in [0.29, 0.717) is 0 Å². The summed E-state index contributed by atoms with van der Waals surface area (Å²) in [7, 11) is 0. The molecule has 0 spiro atoms. The molecule has 0 radical (unpaired) electrons. The van der Waals surface area contributed by atoms with Gasteiger partial charge in [0.25, 0.3) is 0 Å². The van der Waals surface area contributed by atoms with Gasteiger partial charge < -0.3 is 10.5 Å². The minimum absolute atomic E-state index is 0.103. The van der Waals surface area contributed by atoms with Crippen LogP contribution in [0.2, 0.25) is 0 Å². The van der Waals surface area contributed by atoms with Crippen LogP contribution in [0, 0.1) is 5.92 Å². The topological polar surface area (TPSA) is 35.2 Å². The molecule has 2 N–H and O–H groups in total. The van der Waals surface area contributed by atoms with Crippen LogP contribution in [-0.4, -0.2) is 18.8 Å². The van der Waals surface area contributed by atoms with Crippen LogP contribution < -0.4 is 5.73 Å². The van der Waals surface area contributed by atoms with E-state index in [4.69, 9.17) is 10.5 Å². The van der Waals surface area contributed by atoms with E-state index in [2.05, 4.69) is 0 Å². The van der Waals surface area contributed by atoms with E-state index in [1.807, 2.05) is 0 Å². The molecule has 0 aromatic heterocycles. The zero-order valence-corrected chi connectivity index (χ0v) is 9.13. The minimum atomic E-state index is 0.103. The minimum Gasteiger partial charge on any atom is -0.381 e. The molecule has 2 heteroatoms. The van der Waals surface area contributed by atoms with Crippen LogP contribution in [-0.2, 0) is 4.74 Å². The van der Waals surface area contributed by atoms with Crippen molar-refractivity contribution in [2.24, 2.45) is 11.7 Å². The lowest BCUT2D eigenvalue weighted by molar-refractivity contribution is 0.137. The number of rotatable bonds is 2. The SMILES string of the molecule is NC1(CC2CCCC2)CCCOCC1. The predicted molar refractivity (Wildman–Crippen MR) is 58.2 cm³/mol. The Morgan fingerprint density at radius 2 is 1.86 bits per heavy atom. The van der Waals surface area contributed by atoms with Gasteiger partial charge in [-0.25, -0.2) is 0 Å². The van der Waals surface area contributed by atoms with Gasteiger partial charge in [-0.2, -0.15) is 0 Å². The molecule has 2 fully saturated rings. The molecule has 2 rings (SSSR count). The molecule has 2 aliphatic rings. The maximum Gasteiger partial charge on any atom is 0.0483 e. The normalized spacial score (nSPS) is 35.8. The Morgan fingerprint density at radius 3 is 2.64 bits per heavy atom. The Kier molecular flexibility index (Phi) is 3.45. The van der Waals surface area contributed by atoms with Crippen molar-refractivity contribution in [2.45, 2.75) is 56.9 Å². The molecule has 14 heavy (non-hydrogen) atoms. The molecule has 2 nitrogen and oxygen atoms in total. The molecule has 1 aliphatic heterocycles. The zero-order chi connectivity index (χ0) is 9.86. The van der Waals surface area contributed by atoms with Crippen molar-refractivity contribution in [3.05, 3.63) is 0 Å². The molecule has 0 aromatic carbocycles. The molecule has 1 heterocycles. The van der Waals surface area contributed by atoms with Crippen molar-refractivity contribution < 1.29 is 4.74 Å². The molecule has 1 saturated carbocycles. The lowest BCUT2D eigenvalue weighted by atomic mass is 9.82. The summed E-state index contributed by atoms with van der Waals surface area (Å²) in [6.45, 7) is 1.80. The number of hydrogen-bond donors (Lipinski definition) is 1.